The molecule has 19 nitrogen and oxygen atoms in total. The van der Waals surface area contributed by atoms with Gasteiger partial charge in [-0.3, -0.25) is 28.6 Å². The van der Waals surface area contributed by atoms with E-state index in [0.29, 0.717) is 18.5 Å². The zero-order valence-corrected chi connectivity index (χ0v) is 26.5. The fraction of sp³-hybridized carbons (Fsp3) is 0.609. The molecule has 9 unspecified atom stereocenters. The van der Waals surface area contributed by atoms with Crippen LogP contribution in [0.3, 0.4) is 0 Å². The Morgan fingerprint density at radius 3 is 2.51 bits per heavy atom. The molecule has 5 rings (SSSR count). The van der Waals surface area contributed by atoms with Crippen molar-refractivity contribution in [3.05, 3.63) is 55.9 Å². The highest BCUT2D eigenvalue weighted by Crippen LogP contribution is 2.68. The van der Waals surface area contributed by atoms with Gasteiger partial charge in [0.25, 0.3) is 5.56 Å². The van der Waals surface area contributed by atoms with Crippen molar-refractivity contribution in [1.82, 2.24) is 14.9 Å². The minimum atomic E-state index is -5.81. The van der Waals surface area contributed by atoms with E-state index in [-0.39, 0.29) is 48.2 Å². The fourth-order valence-corrected chi connectivity index (χ4v) is 8.95. The van der Waals surface area contributed by atoms with Gasteiger partial charge in [0.2, 0.25) is 0 Å². The first-order valence-electron chi connectivity index (χ1n) is 13.7. The Labute approximate surface area is 254 Å². The Kier molecular flexibility index (Phi) is 9.55. The molecule has 6 N–H and O–H groups in total. The number of hydrogen-bond acceptors (Lipinski definition) is 14. The highest BCUT2D eigenvalue weighted by Gasteiger charge is 2.46. The average molecular weight is 699 g/mol. The smallest absolute Gasteiger partial charge is 0.486 e. The summed E-state index contributed by atoms with van der Waals surface area (Å²) in [6.45, 7) is 2.18. The quantitative estimate of drug-likeness (QED) is 0.187. The predicted octanol–water partition coefficient (Wildman–Crippen LogP) is 1.11. The molecule has 250 valence electrons. The number of nitrogens with one attached hydrogen (secondary N) is 2. The van der Waals surface area contributed by atoms with E-state index >= 15 is 0 Å². The third-order valence-corrected chi connectivity index (χ3v) is 11.7. The van der Waals surface area contributed by atoms with Gasteiger partial charge in [0.15, 0.2) is 0 Å². The molecule has 22 heteroatoms. The van der Waals surface area contributed by atoms with Crippen molar-refractivity contribution >= 4 is 29.3 Å². The molecule has 2 aliphatic carbocycles. The summed E-state index contributed by atoms with van der Waals surface area (Å²) < 4.78 is 67.8. The third kappa shape index (κ3) is 8.13. The molecule has 4 aliphatic rings. The van der Waals surface area contributed by atoms with Crippen molar-refractivity contribution < 1.29 is 65.4 Å². The van der Waals surface area contributed by atoms with Crippen LogP contribution in [0.4, 0.5) is 0 Å². The summed E-state index contributed by atoms with van der Waals surface area (Å²) in [4.78, 5) is 67.8. The van der Waals surface area contributed by atoms with Gasteiger partial charge in [-0.1, -0.05) is 6.92 Å². The van der Waals surface area contributed by atoms with Crippen LogP contribution in [-0.4, -0.2) is 66.1 Å². The number of phosphoric acid groups is 3. The molecule has 45 heavy (non-hydrogen) atoms. The molecule has 0 spiro atoms. The number of aryl methyl sites for hydroxylation is 1. The van der Waals surface area contributed by atoms with Crippen molar-refractivity contribution in [3.8, 4) is 0 Å². The number of carbonyl (C=O) groups is 1. The van der Waals surface area contributed by atoms with Crippen LogP contribution in [-0.2, 0) is 45.6 Å². The SMILES string of the molecule is Cc1cn(C2CC(O)C(COP(=O)(O)OP(=O)(O)OP(=O)(O)OC3=CC4=C(CC3C)NC3CCC(=O)CC3O4)O2)c(=O)[nH]c1=O. The number of Topliss-reactive ketones (excluding diaryl/α,β-unsaturated/α-hetero) is 1. The minimum absolute atomic E-state index is 0.0395. The first-order valence-corrected chi connectivity index (χ1v) is 18.2. The number of phosphoric ester groups is 2. The number of aromatic nitrogens is 2. The number of fused-ring (bicyclic) bond motifs is 1. The minimum Gasteiger partial charge on any atom is -0.486 e. The van der Waals surface area contributed by atoms with Crippen LogP contribution in [0.5, 0.6) is 0 Å². The number of allylic oxidation sites excluding steroid dienone is 3. The number of ketones is 1. The van der Waals surface area contributed by atoms with Gasteiger partial charge < -0.3 is 34.2 Å². The maximum atomic E-state index is 12.6. The molecule has 1 aromatic rings. The van der Waals surface area contributed by atoms with Gasteiger partial charge in [0, 0.05) is 49.4 Å². The molecule has 2 aliphatic heterocycles. The predicted molar refractivity (Wildman–Crippen MR) is 149 cm³/mol. The topological polar surface area (TPSA) is 271 Å². The molecular weight excluding hydrogens is 667 g/mol. The number of aromatic amines is 1. The zero-order chi connectivity index (χ0) is 32.9. The molecule has 1 aromatic heterocycles. The molecule has 0 amide bonds. The Balaban J connectivity index is 1.17. The van der Waals surface area contributed by atoms with Gasteiger partial charge in [-0.15, -0.1) is 0 Å². The molecule has 3 heterocycles. The number of H-pyrrole nitrogens is 1. The number of rotatable bonds is 10. The normalized spacial score (nSPS) is 32.1. The molecule has 0 bridgehead atoms. The van der Waals surface area contributed by atoms with Crippen LogP contribution >= 0.6 is 23.5 Å². The van der Waals surface area contributed by atoms with Crippen LogP contribution < -0.4 is 16.6 Å². The van der Waals surface area contributed by atoms with Gasteiger partial charge in [0.05, 0.1) is 24.4 Å². The largest absolute Gasteiger partial charge is 0.536 e. The lowest BCUT2D eigenvalue weighted by molar-refractivity contribution is -0.124. The molecule has 2 fully saturated rings. The maximum absolute atomic E-state index is 12.6. The van der Waals surface area contributed by atoms with Gasteiger partial charge in [-0.25, -0.2) is 18.5 Å². The van der Waals surface area contributed by atoms with Crippen molar-refractivity contribution in [3.63, 3.8) is 0 Å². The van der Waals surface area contributed by atoms with E-state index in [2.05, 4.69) is 23.4 Å². The summed E-state index contributed by atoms with van der Waals surface area (Å²) in [5.74, 6) is -0.397. The highest BCUT2D eigenvalue weighted by molar-refractivity contribution is 7.66. The van der Waals surface area contributed by atoms with Crippen molar-refractivity contribution in [2.45, 2.75) is 76.5 Å². The first kappa shape index (κ1) is 33.9. The fourth-order valence-electron chi connectivity index (χ4n) is 5.32. The Morgan fingerprint density at radius 1 is 1.07 bits per heavy atom. The van der Waals surface area contributed by atoms with Gasteiger partial charge in [0.1, 0.15) is 35.7 Å². The van der Waals surface area contributed by atoms with Crippen LogP contribution in [0, 0.1) is 12.8 Å². The average Bonchev–Trinajstić information content (AvgIpc) is 3.27. The zero-order valence-electron chi connectivity index (χ0n) is 23.8. The van der Waals surface area contributed by atoms with Gasteiger partial charge in [-0.2, -0.15) is 8.62 Å². The van der Waals surface area contributed by atoms with Crippen molar-refractivity contribution in [2.24, 2.45) is 5.92 Å². The van der Waals surface area contributed by atoms with Crippen LogP contribution in [0.1, 0.15) is 50.8 Å². The molecule has 0 radical (unpaired) electrons. The van der Waals surface area contributed by atoms with E-state index in [1.54, 1.807) is 6.92 Å². The second kappa shape index (κ2) is 12.7. The Morgan fingerprint density at radius 2 is 1.78 bits per heavy atom. The second-order valence-electron chi connectivity index (χ2n) is 11.1. The number of nitrogens with zero attached hydrogens (tertiary/aromatic N) is 1. The lowest BCUT2D eigenvalue weighted by Gasteiger charge is -2.40. The maximum Gasteiger partial charge on any atom is 0.536 e. The van der Waals surface area contributed by atoms with Crippen LogP contribution in [0.2, 0.25) is 0 Å². The van der Waals surface area contributed by atoms with Crippen LogP contribution in [0.25, 0.3) is 0 Å². The van der Waals surface area contributed by atoms with E-state index in [0.717, 1.165) is 4.57 Å². The van der Waals surface area contributed by atoms with E-state index in [1.165, 1.54) is 19.2 Å². The standard InChI is InChI=1S/C23H32N3O16P3/c1-11-5-15-19(38-18-6-13(27)3-4-14(18)24-15)8-17(11)40-44(33,34)42-45(35,36)41-43(31,32)37-10-20-16(28)7-21(39-20)26-9-12(2)22(29)25-23(26)30/h8-9,11,14,16,18,20-21,24,28H,3-7,10H2,1-2H3,(H,31,32)(H,33,34)(H,35,36)(H,25,29,30). The molecule has 1 saturated heterocycles. The van der Waals surface area contributed by atoms with Gasteiger partial charge >= 0.3 is 29.2 Å². The second-order valence-corrected chi connectivity index (χ2v) is 15.6. The molecule has 9 atom stereocenters. The summed E-state index contributed by atoms with van der Waals surface area (Å²) in [6.07, 6.45) is -0.434. The number of aliphatic hydroxyl groups excluding tert-OH is 1. The monoisotopic (exact) mass is 699 g/mol. The van der Waals surface area contributed by atoms with Gasteiger partial charge in [-0.05, 0) is 13.3 Å². The molecular formula is C23H32N3O16P3. The summed E-state index contributed by atoms with van der Waals surface area (Å²) in [5, 5.41) is 13.6. The Hall–Kier alpha value is -2.40. The molecule has 0 aromatic carbocycles. The number of carbonyl (C=O) groups excluding carboxylic acids is 1. The van der Waals surface area contributed by atoms with E-state index in [1.807, 2.05) is 0 Å². The lowest BCUT2D eigenvalue weighted by Crippen LogP contribution is -2.49. The summed E-state index contributed by atoms with van der Waals surface area (Å²) in [6, 6.07) is -0.0694. The van der Waals surface area contributed by atoms with E-state index in [4.69, 9.17) is 14.0 Å². The lowest BCUT2D eigenvalue weighted by atomic mass is 9.88. The van der Waals surface area contributed by atoms with Crippen molar-refractivity contribution in [2.75, 3.05) is 6.61 Å². The van der Waals surface area contributed by atoms with Crippen molar-refractivity contribution in [1.29, 1.82) is 0 Å². The van der Waals surface area contributed by atoms with E-state index < -0.39 is 71.8 Å². The third-order valence-electron chi connectivity index (χ3n) is 7.51. The highest BCUT2D eigenvalue weighted by atomic mass is 31.3. The summed E-state index contributed by atoms with van der Waals surface area (Å²) in [7, 11) is -16.8. The summed E-state index contributed by atoms with van der Waals surface area (Å²) >= 11 is 0. The first-order chi connectivity index (χ1) is 20.9. The number of ether oxygens (including phenoxy) is 2. The summed E-state index contributed by atoms with van der Waals surface area (Å²) in [5.41, 5.74) is -0.584. The molecule has 1 saturated carbocycles. The van der Waals surface area contributed by atoms with E-state index in [9.17, 15) is 47.9 Å². The number of aliphatic hydroxyl groups is 1. The Bertz CT molecular complexity index is 1690. The van der Waals surface area contributed by atoms with Crippen LogP contribution in [0.15, 0.2) is 39.1 Å². The number of hydrogen-bond donors (Lipinski definition) is 6.